The Morgan fingerprint density at radius 2 is 2.12 bits per heavy atom. The Morgan fingerprint density at radius 3 is 2.92 bits per heavy atom. The van der Waals surface area contributed by atoms with E-state index >= 15 is 0 Å². The molecule has 1 aromatic carbocycles. The van der Waals surface area contributed by atoms with Gasteiger partial charge in [-0.05, 0) is 43.4 Å². The summed E-state index contributed by atoms with van der Waals surface area (Å²) in [6, 6.07) is 8.54. The summed E-state index contributed by atoms with van der Waals surface area (Å²) in [4.78, 5) is 12.2. The Kier molecular flexibility index (Phi) is 4.00. The van der Waals surface area contributed by atoms with Crippen molar-refractivity contribution in [2.75, 3.05) is 29.4 Å². The molecule has 2 unspecified atom stereocenters. The van der Waals surface area contributed by atoms with Crippen LogP contribution < -0.4 is 9.80 Å². The molecule has 2 atom stereocenters. The molecule has 0 bridgehead atoms. The molecular formula is C19H20FN5. The van der Waals surface area contributed by atoms with Crippen LogP contribution in [0.2, 0.25) is 0 Å². The summed E-state index contributed by atoms with van der Waals surface area (Å²) in [6.07, 6.45) is 4.74. The average molecular weight is 337 g/mol. The van der Waals surface area contributed by atoms with Crippen LogP contribution in [-0.4, -0.2) is 35.6 Å². The van der Waals surface area contributed by atoms with Crippen LogP contribution in [0.25, 0.3) is 0 Å². The van der Waals surface area contributed by atoms with Gasteiger partial charge in [0.05, 0.1) is 17.4 Å². The van der Waals surface area contributed by atoms with Crippen molar-refractivity contribution in [1.29, 1.82) is 5.26 Å². The van der Waals surface area contributed by atoms with E-state index in [1.165, 1.54) is 12.5 Å². The third-order valence-electron chi connectivity index (χ3n) is 5.39. The van der Waals surface area contributed by atoms with Crippen LogP contribution in [0.3, 0.4) is 0 Å². The molecule has 0 aliphatic carbocycles. The van der Waals surface area contributed by atoms with Crippen molar-refractivity contribution in [2.45, 2.75) is 25.8 Å². The standard InChI is InChI=1S/C19H20FN5/c1-13-2-3-15(9-21)17(8-13)25-7-5-14-4-6-24(11-18(14)25)19-16(20)10-22-12-23-19/h2-3,8,10,12,14,18H,4-7,11H2,1H3. The van der Waals surface area contributed by atoms with Gasteiger partial charge in [0.15, 0.2) is 11.6 Å². The minimum absolute atomic E-state index is 0.275. The SMILES string of the molecule is Cc1ccc(C#N)c(N2CCC3CCN(c4ncncc4F)CC32)c1. The zero-order chi connectivity index (χ0) is 17.4. The quantitative estimate of drug-likeness (QED) is 0.843. The molecule has 0 spiro atoms. The van der Waals surface area contributed by atoms with Crippen molar-refractivity contribution in [2.24, 2.45) is 5.92 Å². The maximum atomic E-state index is 14.1. The van der Waals surface area contributed by atoms with Crippen molar-refractivity contribution in [1.82, 2.24) is 9.97 Å². The molecule has 3 heterocycles. The number of rotatable bonds is 2. The first kappa shape index (κ1) is 15.8. The zero-order valence-corrected chi connectivity index (χ0v) is 14.2. The molecule has 0 radical (unpaired) electrons. The van der Waals surface area contributed by atoms with Crippen LogP contribution in [0.1, 0.15) is 24.0 Å². The summed E-state index contributed by atoms with van der Waals surface area (Å²) in [5.41, 5.74) is 2.85. The average Bonchev–Trinajstić information content (AvgIpc) is 3.05. The maximum Gasteiger partial charge on any atom is 0.183 e. The van der Waals surface area contributed by atoms with E-state index < -0.39 is 0 Å². The van der Waals surface area contributed by atoms with Gasteiger partial charge in [0.2, 0.25) is 0 Å². The number of nitriles is 1. The van der Waals surface area contributed by atoms with Gasteiger partial charge < -0.3 is 9.80 Å². The van der Waals surface area contributed by atoms with Crippen molar-refractivity contribution < 1.29 is 4.39 Å². The van der Waals surface area contributed by atoms with E-state index in [0.717, 1.165) is 43.7 Å². The number of nitrogens with zero attached hydrogens (tertiary/aromatic N) is 5. The molecule has 25 heavy (non-hydrogen) atoms. The first-order valence-corrected chi connectivity index (χ1v) is 8.65. The number of hydrogen-bond donors (Lipinski definition) is 0. The zero-order valence-electron chi connectivity index (χ0n) is 14.2. The van der Waals surface area contributed by atoms with Gasteiger partial charge in [-0.3, -0.25) is 0 Å². The molecule has 5 nitrogen and oxygen atoms in total. The monoisotopic (exact) mass is 337 g/mol. The third kappa shape index (κ3) is 2.80. The number of fused-ring (bicyclic) bond motifs is 1. The van der Waals surface area contributed by atoms with Crippen LogP contribution in [0, 0.1) is 30.0 Å². The van der Waals surface area contributed by atoms with Crippen LogP contribution in [0.5, 0.6) is 0 Å². The highest BCUT2D eigenvalue weighted by molar-refractivity contribution is 5.62. The number of anilines is 2. The lowest BCUT2D eigenvalue weighted by atomic mass is 9.92. The van der Waals surface area contributed by atoms with Gasteiger partial charge in [0.1, 0.15) is 12.4 Å². The smallest absolute Gasteiger partial charge is 0.183 e. The molecule has 6 heteroatoms. The number of aryl methyl sites for hydroxylation is 1. The van der Waals surface area contributed by atoms with E-state index in [-0.39, 0.29) is 11.9 Å². The fourth-order valence-electron chi connectivity index (χ4n) is 4.14. The first-order valence-electron chi connectivity index (χ1n) is 8.65. The van der Waals surface area contributed by atoms with E-state index in [4.69, 9.17) is 0 Å². The Morgan fingerprint density at radius 1 is 1.28 bits per heavy atom. The van der Waals surface area contributed by atoms with Crippen LogP contribution in [0.4, 0.5) is 15.9 Å². The predicted octanol–water partition coefficient (Wildman–Crippen LogP) is 2.90. The molecule has 0 N–H and O–H groups in total. The molecule has 0 saturated carbocycles. The molecule has 2 fully saturated rings. The first-order chi connectivity index (χ1) is 12.2. The number of benzene rings is 1. The predicted molar refractivity (Wildman–Crippen MR) is 94.0 cm³/mol. The molecule has 2 aliphatic heterocycles. The van der Waals surface area contributed by atoms with E-state index in [9.17, 15) is 9.65 Å². The third-order valence-corrected chi connectivity index (χ3v) is 5.39. The Bertz CT molecular complexity index is 831. The van der Waals surface area contributed by atoms with Gasteiger partial charge in [-0.2, -0.15) is 5.26 Å². The lowest BCUT2D eigenvalue weighted by molar-refractivity contribution is 0.386. The van der Waals surface area contributed by atoms with E-state index in [1.54, 1.807) is 0 Å². The van der Waals surface area contributed by atoms with Crippen LogP contribution >= 0.6 is 0 Å². The highest BCUT2D eigenvalue weighted by Gasteiger charge is 2.40. The van der Waals surface area contributed by atoms with Gasteiger partial charge in [-0.25, -0.2) is 14.4 Å². The van der Waals surface area contributed by atoms with E-state index in [2.05, 4.69) is 27.0 Å². The summed E-state index contributed by atoms with van der Waals surface area (Å²) in [7, 11) is 0. The molecule has 2 aromatic rings. The number of aromatic nitrogens is 2. The molecule has 2 aliphatic rings. The van der Waals surface area contributed by atoms with Crippen molar-refractivity contribution >= 4 is 11.5 Å². The number of halogens is 1. The normalized spacial score (nSPS) is 22.6. The second kappa shape index (κ2) is 6.32. The largest absolute Gasteiger partial charge is 0.365 e. The van der Waals surface area contributed by atoms with Gasteiger partial charge >= 0.3 is 0 Å². The van der Waals surface area contributed by atoms with E-state index in [1.807, 2.05) is 24.0 Å². The van der Waals surface area contributed by atoms with Crippen LogP contribution in [0.15, 0.2) is 30.7 Å². The minimum atomic E-state index is -0.376. The highest BCUT2D eigenvalue weighted by Crippen LogP contribution is 2.38. The van der Waals surface area contributed by atoms with Crippen LogP contribution in [-0.2, 0) is 0 Å². The summed E-state index contributed by atoms with van der Waals surface area (Å²) in [6.45, 7) is 4.51. The summed E-state index contributed by atoms with van der Waals surface area (Å²) >= 11 is 0. The number of piperidine rings is 1. The topological polar surface area (TPSA) is 56.1 Å². The fourth-order valence-corrected chi connectivity index (χ4v) is 4.14. The maximum absolute atomic E-state index is 14.1. The molecule has 0 amide bonds. The van der Waals surface area contributed by atoms with Crippen molar-refractivity contribution in [3.8, 4) is 6.07 Å². The second-order valence-electron chi connectivity index (χ2n) is 6.87. The Hall–Kier alpha value is -2.68. The summed E-state index contributed by atoms with van der Waals surface area (Å²) in [5, 5.41) is 9.48. The highest BCUT2D eigenvalue weighted by atomic mass is 19.1. The molecule has 1 aromatic heterocycles. The lowest BCUT2D eigenvalue weighted by Gasteiger charge is -2.40. The minimum Gasteiger partial charge on any atom is -0.365 e. The molecular weight excluding hydrogens is 317 g/mol. The van der Waals surface area contributed by atoms with Gasteiger partial charge in [-0.15, -0.1) is 0 Å². The van der Waals surface area contributed by atoms with Crippen molar-refractivity contribution in [3.05, 3.63) is 47.7 Å². The van der Waals surface area contributed by atoms with Crippen molar-refractivity contribution in [3.63, 3.8) is 0 Å². The Labute approximate surface area is 146 Å². The Balaban J connectivity index is 1.64. The van der Waals surface area contributed by atoms with Gasteiger partial charge in [-0.1, -0.05) is 6.07 Å². The summed E-state index contributed by atoms with van der Waals surface area (Å²) in [5.74, 6) is 0.581. The molecule has 4 rings (SSSR count). The lowest BCUT2D eigenvalue weighted by Crippen LogP contribution is -2.49. The van der Waals surface area contributed by atoms with E-state index in [0.29, 0.717) is 17.3 Å². The second-order valence-corrected chi connectivity index (χ2v) is 6.87. The van der Waals surface area contributed by atoms with Gasteiger partial charge in [0, 0.05) is 25.7 Å². The van der Waals surface area contributed by atoms with Gasteiger partial charge in [0.25, 0.3) is 0 Å². The molecule has 2 saturated heterocycles. The fraction of sp³-hybridized carbons (Fsp3) is 0.421. The summed E-state index contributed by atoms with van der Waals surface area (Å²) < 4.78 is 14.1. The number of hydrogen-bond acceptors (Lipinski definition) is 5. The molecule has 128 valence electrons.